The van der Waals surface area contributed by atoms with Crippen LogP contribution < -0.4 is 10.6 Å². The molecule has 1 saturated heterocycles. The summed E-state index contributed by atoms with van der Waals surface area (Å²) in [4.78, 5) is 11.3. The first-order chi connectivity index (χ1) is 6.70. The normalized spacial score (nSPS) is 18.6. The monoisotopic (exact) mass is 197 g/mol. The first-order valence-corrected chi connectivity index (χ1v) is 4.27. The maximum atomic E-state index is 11.3. The Hall–Kier alpha value is -1.47. The van der Waals surface area contributed by atoms with Gasteiger partial charge in [-0.05, 0) is 0 Å². The Kier molecular flexibility index (Phi) is 2.18. The van der Waals surface area contributed by atoms with Gasteiger partial charge in [-0.15, -0.1) is 0 Å². The van der Waals surface area contributed by atoms with E-state index < -0.39 is 5.60 Å². The van der Waals surface area contributed by atoms with Crippen molar-refractivity contribution in [1.82, 2.24) is 26.0 Å². The zero-order chi connectivity index (χ0) is 10.0. The molecule has 1 aliphatic rings. The molecule has 0 bridgehead atoms. The molecule has 1 aromatic rings. The van der Waals surface area contributed by atoms with E-state index in [9.17, 15) is 9.90 Å². The number of aromatic amines is 1. The molecule has 1 amide bonds. The van der Waals surface area contributed by atoms with Crippen LogP contribution in [0.15, 0.2) is 6.20 Å². The van der Waals surface area contributed by atoms with Crippen molar-refractivity contribution >= 4 is 5.91 Å². The van der Waals surface area contributed by atoms with Crippen LogP contribution in [-0.4, -0.2) is 51.7 Å². The van der Waals surface area contributed by atoms with Crippen LogP contribution >= 0.6 is 0 Å². The van der Waals surface area contributed by atoms with Gasteiger partial charge in [0.2, 0.25) is 0 Å². The smallest absolute Gasteiger partial charge is 0.273 e. The van der Waals surface area contributed by atoms with Gasteiger partial charge >= 0.3 is 0 Å². The van der Waals surface area contributed by atoms with Crippen LogP contribution in [0.5, 0.6) is 0 Å². The third-order valence-electron chi connectivity index (χ3n) is 2.13. The molecule has 1 aliphatic heterocycles. The van der Waals surface area contributed by atoms with Crippen molar-refractivity contribution in [3.05, 3.63) is 11.9 Å². The number of nitrogens with one attached hydrogen (secondary N) is 3. The summed E-state index contributed by atoms with van der Waals surface area (Å²) in [6.07, 6.45) is 1.33. The molecule has 14 heavy (non-hydrogen) atoms. The van der Waals surface area contributed by atoms with E-state index in [2.05, 4.69) is 26.0 Å². The van der Waals surface area contributed by atoms with E-state index in [-0.39, 0.29) is 18.1 Å². The molecule has 0 spiro atoms. The zero-order valence-electron chi connectivity index (χ0n) is 7.45. The van der Waals surface area contributed by atoms with E-state index in [1.54, 1.807) is 0 Å². The van der Waals surface area contributed by atoms with Crippen LogP contribution in [0.2, 0.25) is 0 Å². The third-order valence-corrected chi connectivity index (χ3v) is 2.13. The number of aliphatic hydroxyl groups is 1. The molecule has 0 aliphatic carbocycles. The van der Waals surface area contributed by atoms with Gasteiger partial charge in [0.15, 0.2) is 5.69 Å². The lowest BCUT2D eigenvalue weighted by Gasteiger charge is -2.37. The number of aromatic nitrogens is 3. The summed E-state index contributed by atoms with van der Waals surface area (Å²) < 4.78 is 0. The molecule has 7 nitrogen and oxygen atoms in total. The highest BCUT2D eigenvalue weighted by Crippen LogP contribution is 2.08. The van der Waals surface area contributed by atoms with E-state index in [1.807, 2.05) is 0 Å². The number of H-pyrrole nitrogens is 1. The van der Waals surface area contributed by atoms with Crippen LogP contribution in [0.25, 0.3) is 0 Å². The number of hydrogen-bond acceptors (Lipinski definition) is 5. The lowest BCUT2D eigenvalue weighted by Crippen LogP contribution is -2.64. The van der Waals surface area contributed by atoms with Crippen LogP contribution in [0.3, 0.4) is 0 Å². The highest BCUT2D eigenvalue weighted by Gasteiger charge is 2.34. The fourth-order valence-electron chi connectivity index (χ4n) is 1.18. The lowest BCUT2D eigenvalue weighted by molar-refractivity contribution is -0.00763. The number of carbonyl (C=O) groups is 1. The molecule has 0 atom stereocenters. The number of nitrogens with zero attached hydrogens (tertiary/aromatic N) is 2. The Morgan fingerprint density at radius 3 is 3.00 bits per heavy atom. The highest BCUT2D eigenvalue weighted by atomic mass is 16.3. The standard InChI is InChI=1S/C7H11N5O2/c13-6(5-1-10-12-11-5)9-4-7(14)2-8-3-7/h1,8,14H,2-4H2,(H,9,13)(H,10,11,12). The zero-order valence-corrected chi connectivity index (χ0v) is 7.45. The minimum atomic E-state index is -0.806. The minimum absolute atomic E-state index is 0.223. The van der Waals surface area contributed by atoms with E-state index in [0.717, 1.165) is 0 Å². The highest BCUT2D eigenvalue weighted by molar-refractivity contribution is 5.91. The quantitative estimate of drug-likeness (QED) is 0.443. The molecular weight excluding hydrogens is 186 g/mol. The molecule has 0 radical (unpaired) electrons. The number of carbonyl (C=O) groups excluding carboxylic acids is 1. The summed E-state index contributed by atoms with van der Waals surface area (Å²) in [6.45, 7) is 1.24. The second-order valence-corrected chi connectivity index (χ2v) is 3.37. The topological polar surface area (TPSA) is 103 Å². The summed E-state index contributed by atoms with van der Waals surface area (Å²) in [5.41, 5.74) is -0.583. The molecule has 4 N–H and O–H groups in total. The van der Waals surface area contributed by atoms with Gasteiger partial charge in [0.25, 0.3) is 5.91 Å². The largest absolute Gasteiger partial charge is 0.385 e. The maximum absolute atomic E-state index is 11.3. The molecule has 1 aromatic heterocycles. The van der Waals surface area contributed by atoms with Gasteiger partial charge in [-0.1, -0.05) is 0 Å². The van der Waals surface area contributed by atoms with Gasteiger partial charge in [0.1, 0.15) is 5.60 Å². The van der Waals surface area contributed by atoms with Crippen LogP contribution in [-0.2, 0) is 0 Å². The molecule has 7 heteroatoms. The molecule has 0 saturated carbocycles. The fourth-order valence-corrected chi connectivity index (χ4v) is 1.18. The molecule has 0 unspecified atom stereocenters. The van der Waals surface area contributed by atoms with Crippen LogP contribution in [0.4, 0.5) is 0 Å². The van der Waals surface area contributed by atoms with E-state index >= 15 is 0 Å². The summed E-state index contributed by atoms with van der Waals surface area (Å²) in [7, 11) is 0. The summed E-state index contributed by atoms with van der Waals surface area (Å²) in [5, 5.41) is 24.6. The molecule has 2 heterocycles. The van der Waals surface area contributed by atoms with Crippen molar-refractivity contribution in [3.8, 4) is 0 Å². The molecule has 76 valence electrons. The Labute approximate surface area is 79.9 Å². The summed E-state index contributed by atoms with van der Waals surface area (Å²) >= 11 is 0. The number of amides is 1. The van der Waals surface area contributed by atoms with Gasteiger partial charge in [-0.25, -0.2) is 0 Å². The minimum Gasteiger partial charge on any atom is -0.385 e. The van der Waals surface area contributed by atoms with Crippen molar-refractivity contribution in [2.24, 2.45) is 0 Å². The Morgan fingerprint density at radius 2 is 2.50 bits per heavy atom. The van der Waals surface area contributed by atoms with Crippen molar-refractivity contribution in [3.63, 3.8) is 0 Å². The summed E-state index contributed by atoms with van der Waals surface area (Å²) in [5.74, 6) is -0.334. The molecule has 0 aromatic carbocycles. The van der Waals surface area contributed by atoms with E-state index in [0.29, 0.717) is 13.1 Å². The van der Waals surface area contributed by atoms with E-state index in [4.69, 9.17) is 0 Å². The molecule has 1 fully saturated rings. The average Bonchev–Trinajstić information content (AvgIpc) is 2.63. The predicted molar refractivity (Wildman–Crippen MR) is 46.5 cm³/mol. The van der Waals surface area contributed by atoms with Crippen LogP contribution in [0.1, 0.15) is 10.5 Å². The van der Waals surface area contributed by atoms with Gasteiger partial charge < -0.3 is 15.7 Å². The first kappa shape index (κ1) is 9.10. The Balaban J connectivity index is 1.84. The second-order valence-electron chi connectivity index (χ2n) is 3.37. The van der Waals surface area contributed by atoms with Gasteiger partial charge in [0.05, 0.1) is 6.20 Å². The van der Waals surface area contributed by atoms with E-state index in [1.165, 1.54) is 6.20 Å². The van der Waals surface area contributed by atoms with Crippen molar-refractivity contribution in [2.75, 3.05) is 19.6 Å². The number of rotatable bonds is 3. The predicted octanol–water partition coefficient (Wildman–Crippen LogP) is -2.13. The number of β-amino-alcohol motifs (C(OH)–C–C–N with tert-alkyl or cyclic N) is 1. The number of hydrogen-bond donors (Lipinski definition) is 4. The molecule has 2 rings (SSSR count). The lowest BCUT2D eigenvalue weighted by atomic mass is 9.97. The SMILES string of the molecule is O=C(NCC1(O)CNC1)c1cn[nH]n1. The average molecular weight is 197 g/mol. The second kappa shape index (κ2) is 3.35. The maximum Gasteiger partial charge on any atom is 0.273 e. The van der Waals surface area contributed by atoms with Crippen molar-refractivity contribution < 1.29 is 9.90 Å². The van der Waals surface area contributed by atoms with Crippen molar-refractivity contribution in [2.45, 2.75) is 5.60 Å². The first-order valence-electron chi connectivity index (χ1n) is 4.27. The van der Waals surface area contributed by atoms with Gasteiger partial charge in [-0.3, -0.25) is 4.79 Å². The van der Waals surface area contributed by atoms with Crippen molar-refractivity contribution in [1.29, 1.82) is 0 Å². The Bertz CT molecular complexity index is 319. The van der Waals surface area contributed by atoms with Gasteiger partial charge in [0, 0.05) is 19.6 Å². The third kappa shape index (κ3) is 1.73. The summed E-state index contributed by atoms with van der Waals surface area (Å²) in [6, 6.07) is 0. The molecular formula is C7H11N5O2. The van der Waals surface area contributed by atoms with Gasteiger partial charge in [-0.2, -0.15) is 15.4 Å². The fraction of sp³-hybridized carbons (Fsp3) is 0.571. The van der Waals surface area contributed by atoms with Crippen LogP contribution in [0, 0.1) is 0 Å². The Morgan fingerprint density at radius 1 is 1.71 bits per heavy atom.